The second-order valence-electron chi connectivity index (χ2n) is 7.59. The molecule has 0 aliphatic rings. The fourth-order valence-electron chi connectivity index (χ4n) is 2.94. The van der Waals surface area contributed by atoms with Gasteiger partial charge in [-0.25, -0.2) is 4.79 Å². The van der Waals surface area contributed by atoms with Crippen molar-refractivity contribution in [2.75, 3.05) is 24.3 Å². The molecule has 0 heterocycles. The average Bonchev–Trinajstić information content (AvgIpc) is 2.77. The number of nitrogens with zero attached hydrogens (tertiary/aromatic N) is 2. The molecular weight excluding hydrogens is 390 g/mol. The molecule has 0 fully saturated rings. The molecule has 2 rings (SSSR count). The molecule has 0 saturated carbocycles. The lowest BCUT2D eigenvalue weighted by Crippen LogP contribution is -2.30. The number of carbonyl (C=O) groups excluding carboxylic acids is 2. The van der Waals surface area contributed by atoms with Crippen molar-refractivity contribution in [1.82, 2.24) is 0 Å². The molecule has 6 heteroatoms. The van der Waals surface area contributed by atoms with Crippen LogP contribution >= 0.6 is 0 Å². The predicted octanol–water partition coefficient (Wildman–Crippen LogP) is 4.74. The van der Waals surface area contributed by atoms with Crippen LogP contribution in [-0.4, -0.2) is 32.1 Å². The third-order valence-electron chi connectivity index (χ3n) is 5.08. The molecule has 1 amide bonds. The van der Waals surface area contributed by atoms with Crippen LogP contribution in [0.5, 0.6) is 0 Å². The largest absolute Gasteiger partial charge is 0.448 e. The maximum Gasteiger partial charge on any atom is 0.349 e. The van der Waals surface area contributed by atoms with Crippen LogP contribution in [0.1, 0.15) is 44.2 Å². The summed E-state index contributed by atoms with van der Waals surface area (Å²) in [5.41, 5.74) is 3.24. The van der Waals surface area contributed by atoms with Crippen LogP contribution in [0.4, 0.5) is 11.4 Å². The van der Waals surface area contributed by atoms with Gasteiger partial charge in [-0.2, -0.15) is 5.26 Å². The summed E-state index contributed by atoms with van der Waals surface area (Å²) >= 11 is 0. The van der Waals surface area contributed by atoms with Crippen LogP contribution < -0.4 is 10.2 Å². The Hall–Kier alpha value is -3.59. The van der Waals surface area contributed by atoms with Gasteiger partial charge in [0.25, 0.3) is 5.91 Å². The van der Waals surface area contributed by atoms with Crippen molar-refractivity contribution in [1.29, 1.82) is 5.26 Å². The minimum atomic E-state index is -1.05. The molecular formula is C25H29N3O3. The summed E-state index contributed by atoms with van der Waals surface area (Å²) < 4.78 is 5.25. The van der Waals surface area contributed by atoms with Gasteiger partial charge in [0.2, 0.25) is 0 Å². The lowest BCUT2D eigenvalue weighted by molar-refractivity contribution is -0.148. The van der Waals surface area contributed by atoms with E-state index in [4.69, 9.17) is 4.74 Å². The summed E-state index contributed by atoms with van der Waals surface area (Å²) in [6.45, 7) is 5.65. The van der Waals surface area contributed by atoms with Gasteiger partial charge in [0.05, 0.1) is 0 Å². The normalized spacial score (nSPS) is 13.0. The molecule has 2 aromatic rings. The van der Waals surface area contributed by atoms with Crippen molar-refractivity contribution in [3.05, 3.63) is 65.2 Å². The van der Waals surface area contributed by atoms with E-state index in [2.05, 4.69) is 19.2 Å². The van der Waals surface area contributed by atoms with E-state index in [9.17, 15) is 14.9 Å². The first-order chi connectivity index (χ1) is 14.8. The topological polar surface area (TPSA) is 82.4 Å². The first-order valence-corrected chi connectivity index (χ1v) is 10.3. The summed E-state index contributed by atoms with van der Waals surface area (Å²) in [6.07, 6.45) is 1.33. The second-order valence-corrected chi connectivity index (χ2v) is 7.59. The number of anilines is 2. The van der Waals surface area contributed by atoms with Gasteiger partial charge >= 0.3 is 5.97 Å². The number of nitriles is 1. The number of amides is 1. The van der Waals surface area contributed by atoms with Crippen LogP contribution in [0.2, 0.25) is 0 Å². The standard InChI is InChI=1S/C25H29N3O3/c1-6-17(2)22-9-7-8-10-23(22)27-24(29)18(3)31-25(30)20(16-26)15-19-11-13-21(14-12-19)28(4)5/h7-15,17-18H,6H2,1-5H3,(H,27,29)/b20-15+/t17-,18+/m1/s1. The van der Waals surface area contributed by atoms with Gasteiger partial charge in [-0.05, 0) is 54.7 Å². The van der Waals surface area contributed by atoms with E-state index in [0.717, 1.165) is 17.7 Å². The predicted molar refractivity (Wildman–Crippen MR) is 124 cm³/mol. The summed E-state index contributed by atoms with van der Waals surface area (Å²) in [7, 11) is 3.85. The summed E-state index contributed by atoms with van der Waals surface area (Å²) in [6, 6.07) is 16.8. The van der Waals surface area contributed by atoms with Gasteiger partial charge < -0.3 is 15.0 Å². The molecule has 2 aromatic carbocycles. The van der Waals surface area contributed by atoms with Crippen LogP contribution in [0.3, 0.4) is 0 Å². The maximum atomic E-state index is 12.6. The summed E-state index contributed by atoms with van der Waals surface area (Å²) in [4.78, 5) is 27.0. The van der Waals surface area contributed by atoms with Crippen LogP contribution in [0, 0.1) is 11.3 Å². The van der Waals surface area contributed by atoms with Gasteiger partial charge in [-0.1, -0.05) is 44.2 Å². The van der Waals surface area contributed by atoms with Gasteiger partial charge in [0.15, 0.2) is 6.10 Å². The van der Waals surface area contributed by atoms with E-state index in [1.807, 2.05) is 73.6 Å². The summed E-state index contributed by atoms with van der Waals surface area (Å²) in [5, 5.41) is 12.2. The van der Waals surface area contributed by atoms with E-state index in [-0.39, 0.29) is 11.5 Å². The molecule has 6 nitrogen and oxygen atoms in total. The Bertz CT molecular complexity index is 988. The number of hydrogen-bond acceptors (Lipinski definition) is 5. The molecule has 0 spiro atoms. The zero-order chi connectivity index (χ0) is 23.0. The van der Waals surface area contributed by atoms with E-state index in [1.54, 1.807) is 0 Å². The zero-order valence-electron chi connectivity index (χ0n) is 18.7. The fraction of sp³-hybridized carbons (Fsp3) is 0.320. The van der Waals surface area contributed by atoms with E-state index in [0.29, 0.717) is 11.3 Å². The van der Waals surface area contributed by atoms with E-state index in [1.165, 1.54) is 13.0 Å². The molecule has 0 aromatic heterocycles. The third kappa shape index (κ3) is 6.45. The number of benzene rings is 2. The molecule has 162 valence electrons. The van der Waals surface area contributed by atoms with Crippen molar-refractivity contribution in [2.24, 2.45) is 0 Å². The Morgan fingerprint density at radius 3 is 2.35 bits per heavy atom. The lowest BCUT2D eigenvalue weighted by atomic mass is 9.97. The highest BCUT2D eigenvalue weighted by molar-refractivity contribution is 6.01. The molecule has 2 atom stereocenters. The molecule has 31 heavy (non-hydrogen) atoms. The average molecular weight is 420 g/mol. The first kappa shape index (κ1) is 23.7. The minimum absolute atomic E-state index is 0.169. The Kier molecular flexibility index (Phi) is 8.39. The van der Waals surface area contributed by atoms with Gasteiger partial charge in [0.1, 0.15) is 11.6 Å². The fourth-order valence-corrected chi connectivity index (χ4v) is 2.94. The van der Waals surface area contributed by atoms with E-state index < -0.39 is 18.0 Å². The number of rotatable bonds is 8. The number of nitrogens with one attached hydrogen (secondary N) is 1. The third-order valence-corrected chi connectivity index (χ3v) is 5.08. The molecule has 0 bridgehead atoms. The quantitative estimate of drug-likeness (QED) is 0.379. The van der Waals surface area contributed by atoms with Gasteiger partial charge in [-0.15, -0.1) is 0 Å². The van der Waals surface area contributed by atoms with Crippen LogP contribution in [-0.2, 0) is 14.3 Å². The molecule has 0 saturated heterocycles. The SMILES string of the molecule is CC[C@@H](C)c1ccccc1NC(=O)[C@H](C)OC(=O)/C(C#N)=C/c1ccc(N(C)C)cc1. The molecule has 0 aliphatic heterocycles. The number of esters is 1. The number of ether oxygens (including phenoxy) is 1. The van der Waals surface area contributed by atoms with Crippen molar-refractivity contribution in [3.63, 3.8) is 0 Å². The number of para-hydroxylation sites is 1. The van der Waals surface area contributed by atoms with Crippen molar-refractivity contribution >= 4 is 29.3 Å². The Labute approximate surface area is 184 Å². The monoisotopic (exact) mass is 419 g/mol. The summed E-state index contributed by atoms with van der Waals surface area (Å²) in [5.74, 6) is -1.00. The minimum Gasteiger partial charge on any atom is -0.448 e. The highest BCUT2D eigenvalue weighted by Gasteiger charge is 2.22. The highest BCUT2D eigenvalue weighted by Crippen LogP contribution is 2.26. The molecule has 0 radical (unpaired) electrons. The number of hydrogen-bond donors (Lipinski definition) is 1. The smallest absolute Gasteiger partial charge is 0.349 e. The van der Waals surface area contributed by atoms with Crippen molar-refractivity contribution < 1.29 is 14.3 Å². The number of carbonyl (C=O) groups is 2. The maximum absolute atomic E-state index is 12.6. The van der Waals surface area contributed by atoms with Crippen molar-refractivity contribution in [2.45, 2.75) is 39.2 Å². The molecule has 1 N–H and O–H groups in total. The highest BCUT2D eigenvalue weighted by atomic mass is 16.5. The first-order valence-electron chi connectivity index (χ1n) is 10.3. The molecule has 0 aliphatic carbocycles. The van der Waals surface area contributed by atoms with Crippen LogP contribution in [0.15, 0.2) is 54.1 Å². The van der Waals surface area contributed by atoms with Crippen molar-refractivity contribution in [3.8, 4) is 6.07 Å². The Morgan fingerprint density at radius 1 is 1.13 bits per heavy atom. The van der Waals surface area contributed by atoms with Crippen LogP contribution in [0.25, 0.3) is 6.08 Å². The Balaban J connectivity index is 2.08. The van der Waals surface area contributed by atoms with Gasteiger partial charge in [-0.3, -0.25) is 4.79 Å². The molecule has 0 unspecified atom stereocenters. The van der Waals surface area contributed by atoms with Gasteiger partial charge in [0, 0.05) is 25.5 Å². The second kappa shape index (κ2) is 11.0. The lowest BCUT2D eigenvalue weighted by Gasteiger charge is -2.18. The zero-order valence-corrected chi connectivity index (χ0v) is 18.7. The Morgan fingerprint density at radius 2 is 1.77 bits per heavy atom. The van der Waals surface area contributed by atoms with E-state index >= 15 is 0 Å².